The summed E-state index contributed by atoms with van der Waals surface area (Å²) in [5.41, 5.74) is 0. The van der Waals surface area contributed by atoms with Crippen molar-refractivity contribution in [1.29, 1.82) is 0 Å². The molecule has 1 aliphatic carbocycles. The first-order valence-electron chi connectivity index (χ1n) is 6.26. The largest absolute Gasteiger partial charge is 0.465 e. The first-order valence-corrected chi connectivity index (χ1v) is 7.08. The standard InChI is InChI=1S/C12H19N3O2S/c1-3-15(9-4-5-9)7-6-13-12-14-8-10(18-12)11(16)17-2/h8-9H,3-7H2,1-2H3,(H,13,14). The van der Waals surface area contributed by atoms with E-state index in [0.717, 1.165) is 30.8 Å². The Hall–Kier alpha value is -1.14. The molecule has 100 valence electrons. The number of anilines is 1. The van der Waals surface area contributed by atoms with Crippen molar-refractivity contribution in [2.75, 3.05) is 32.1 Å². The van der Waals surface area contributed by atoms with Crippen molar-refractivity contribution in [3.05, 3.63) is 11.1 Å². The molecular formula is C12H19N3O2S. The number of methoxy groups -OCH3 is 1. The fourth-order valence-corrected chi connectivity index (χ4v) is 2.66. The molecule has 1 aliphatic rings. The van der Waals surface area contributed by atoms with Crippen LogP contribution in [-0.2, 0) is 4.74 Å². The highest BCUT2D eigenvalue weighted by Gasteiger charge is 2.27. The lowest BCUT2D eigenvalue weighted by Crippen LogP contribution is -2.30. The van der Waals surface area contributed by atoms with Crippen LogP contribution in [0.25, 0.3) is 0 Å². The predicted molar refractivity (Wildman–Crippen MR) is 72.2 cm³/mol. The lowest BCUT2D eigenvalue weighted by atomic mass is 10.4. The summed E-state index contributed by atoms with van der Waals surface area (Å²) < 4.78 is 4.64. The average molecular weight is 269 g/mol. The number of thiazole rings is 1. The number of carbonyl (C=O) groups is 1. The third-order valence-corrected chi connectivity index (χ3v) is 3.97. The van der Waals surface area contributed by atoms with Crippen molar-refractivity contribution in [3.63, 3.8) is 0 Å². The molecule has 0 radical (unpaired) electrons. The summed E-state index contributed by atoms with van der Waals surface area (Å²) in [6, 6.07) is 0.790. The summed E-state index contributed by atoms with van der Waals surface area (Å²) in [6.45, 7) is 5.17. The summed E-state index contributed by atoms with van der Waals surface area (Å²) in [5, 5.41) is 4.03. The molecule has 0 aromatic carbocycles. The van der Waals surface area contributed by atoms with Crippen molar-refractivity contribution in [2.24, 2.45) is 0 Å². The van der Waals surface area contributed by atoms with Gasteiger partial charge in [0.15, 0.2) is 5.13 Å². The van der Waals surface area contributed by atoms with E-state index in [1.54, 1.807) is 6.20 Å². The van der Waals surface area contributed by atoms with Gasteiger partial charge in [-0.1, -0.05) is 18.3 Å². The summed E-state index contributed by atoms with van der Waals surface area (Å²) >= 11 is 1.33. The van der Waals surface area contributed by atoms with Gasteiger partial charge in [0.2, 0.25) is 0 Å². The molecule has 0 unspecified atom stereocenters. The Bertz CT molecular complexity index is 404. The smallest absolute Gasteiger partial charge is 0.349 e. The topological polar surface area (TPSA) is 54.5 Å². The molecule has 1 N–H and O–H groups in total. The van der Waals surface area contributed by atoms with Crippen molar-refractivity contribution in [3.8, 4) is 0 Å². The Balaban J connectivity index is 1.75. The zero-order chi connectivity index (χ0) is 13.0. The minimum absolute atomic E-state index is 0.325. The van der Waals surface area contributed by atoms with Crippen LogP contribution in [0.15, 0.2) is 6.20 Å². The molecule has 0 amide bonds. The van der Waals surface area contributed by atoms with Crippen LogP contribution in [-0.4, -0.2) is 48.6 Å². The molecule has 1 saturated carbocycles. The number of hydrogen-bond acceptors (Lipinski definition) is 6. The maximum absolute atomic E-state index is 11.3. The molecule has 0 atom stereocenters. The third kappa shape index (κ3) is 3.43. The molecule has 5 nitrogen and oxygen atoms in total. The number of hydrogen-bond donors (Lipinski definition) is 1. The lowest BCUT2D eigenvalue weighted by molar-refractivity contribution is 0.0606. The number of nitrogens with one attached hydrogen (secondary N) is 1. The number of nitrogens with zero attached hydrogens (tertiary/aromatic N) is 2. The molecule has 18 heavy (non-hydrogen) atoms. The number of rotatable bonds is 7. The first kappa shape index (κ1) is 13.3. The molecule has 6 heteroatoms. The monoisotopic (exact) mass is 269 g/mol. The normalized spacial score (nSPS) is 14.8. The van der Waals surface area contributed by atoms with Gasteiger partial charge >= 0.3 is 5.97 Å². The third-order valence-electron chi connectivity index (χ3n) is 3.04. The number of likely N-dealkylation sites (N-methyl/N-ethyl adjacent to an activating group) is 1. The van der Waals surface area contributed by atoms with Gasteiger partial charge < -0.3 is 10.1 Å². The van der Waals surface area contributed by atoms with E-state index in [1.807, 2.05) is 0 Å². The Labute approximate surface area is 111 Å². The SMILES string of the molecule is CCN(CCNc1ncc(C(=O)OC)s1)C1CC1. The predicted octanol–water partition coefficient (Wildman–Crippen LogP) is 1.83. The number of ether oxygens (including phenoxy) is 1. The van der Waals surface area contributed by atoms with E-state index < -0.39 is 0 Å². The minimum Gasteiger partial charge on any atom is -0.465 e. The molecule has 1 fully saturated rings. The quantitative estimate of drug-likeness (QED) is 0.765. The second-order valence-corrected chi connectivity index (χ2v) is 5.34. The van der Waals surface area contributed by atoms with Gasteiger partial charge in [0.25, 0.3) is 0 Å². The van der Waals surface area contributed by atoms with Crippen molar-refractivity contribution in [2.45, 2.75) is 25.8 Å². The molecule has 1 aromatic rings. The van der Waals surface area contributed by atoms with Crippen LogP contribution in [0.3, 0.4) is 0 Å². The zero-order valence-corrected chi connectivity index (χ0v) is 11.6. The van der Waals surface area contributed by atoms with Crippen LogP contribution in [0.5, 0.6) is 0 Å². The van der Waals surface area contributed by atoms with Crippen LogP contribution < -0.4 is 5.32 Å². The van der Waals surface area contributed by atoms with E-state index in [0.29, 0.717) is 4.88 Å². The van der Waals surface area contributed by atoms with E-state index in [-0.39, 0.29) is 5.97 Å². The molecule has 0 aliphatic heterocycles. The van der Waals surface area contributed by atoms with Crippen LogP contribution in [0, 0.1) is 0 Å². The minimum atomic E-state index is -0.325. The van der Waals surface area contributed by atoms with Crippen LogP contribution >= 0.6 is 11.3 Å². The van der Waals surface area contributed by atoms with E-state index in [4.69, 9.17) is 0 Å². The fraction of sp³-hybridized carbons (Fsp3) is 0.667. The first-order chi connectivity index (χ1) is 8.74. The number of aromatic nitrogens is 1. The summed E-state index contributed by atoms with van der Waals surface area (Å²) in [6.07, 6.45) is 4.21. The Morgan fingerprint density at radius 1 is 1.67 bits per heavy atom. The van der Waals surface area contributed by atoms with Gasteiger partial charge in [-0.15, -0.1) is 0 Å². The van der Waals surface area contributed by atoms with Crippen molar-refractivity contribution < 1.29 is 9.53 Å². The summed E-state index contributed by atoms with van der Waals surface area (Å²) in [7, 11) is 1.38. The summed E-state index contributed by atoms with van der Waals surface area (Å²) in [5.74, 6) is -0.325. The maximum atomic E-state index is 11.3. The van der Waals surface area contributed by atoms with E-state index in [1.165, 1.54) is 31.3 Å². The Morgan fingerprint density at radius 2 is 2.44 bits per heavy atom. The van der Waals surface area contributed by atoms with Crippen LogP contribution in [0.4, 0.5) is 5.13 Å². The molecular weight excluding hydrogens is 250 g/mol. The molecule has 1 aromatic heterocycles. The van der Waals surface area contributed by atoms with Crippen molar-refractivity contribution in [1.82, 2.24) is 9.88 Å². The lowest BCUT2D eigenvalue weighted by Gasteiger charge is -2.19. The van der Waals surface area contributed by atoms with Gasteiger partial charge in [-0.05, 0) is 19.4 Å². The number of esters is 1. The fourth-order valence-electron chi connectivity index (χ4n) is 1.90. The van der Waals surface area contributed by atoms with E-state index >= 15 is 0 Å². The molecule has 0 saturated heterocycles. The van der Waals surface area contributed by atoms with Gasteiger partial charge in [0, 0.05) is 19.1 Å². The maximum Gasteiger partial charge on any atom is 0.349 e. The zero-order valence-electron chi connectivity index (χ0n) is 10.8. The van der Waals surface area contributed by atoms with Crippen LogP contribution in [0.2, 0.25) is 0 Å². The van der Waals surface area contributed by atoms with Gasteiger partial charge in [-0.3, -0.25) is 4.90 Å². The molecule has 1 heterocycles. The summed E-state index contributed by atoms with van der Waals surface area (Å²) in [4.78, 5) is 18.4. The average Bonchev–Trinajstić information content (AvgIpc) is 3.12. The molecule has 0 spiro atoms. The Morgan fingerprint density at radius 3 is 3.06 bits per heavy atom. The number of carbonyl (C=O) groups excluding carboxylic acids is 1. The molecule has 2 rings (SSSR count). The van der Waals surface area contributed by atoms with Crippen LogP contribution in [0.1, 0.15) is 29.4 Å². The van der Waals surface area contributed by atoms with E-state index in [9.17, 15) is 4.79 Å². The van der Waals surface area contributed by atoms with Crippen molar-refractivity contribution >= 4 is 22.4 Å². The highest BCUT2D eigenvalue weighted by molar-refractivity contribution is 7.17. The second-order valence-electron chi connectivity index (χ2n) is 4.31. The molecule has 0 bridgehead atoms. The van der Waals surface area contributed by atoms with E-state index in [2.05, 4.69) is 26.9 Å². The highest BCUT2D eigenvalue weighted by atomic mass is 32.1. The van der Waals surface area contributed by atoms with Gasteiger partial charge in [0.05, 0.1) is 13.3 Å². The van der Waals surface area contributed by atoms with Gasteiger partial charge in [0.1, 0.15) is 4.88 Å². The highest BCUT2D eigenvalue weighted by Crippen LogP contribution is 2.26. The van der Waals surface area contributed by atoms with Gasteiger partial charge in [-0.25, -0.2) is 9.78 Å². The Kier molecular flexibility index (Phi) is 4.54. The van der Waals surface area contributed by atoms with Gasteiger partial charge in [-0.2, -0.15) is 0 Å². The second kappa shape index (κ2) is 6.15.